The molecule has 0 amide bonds. The van der Waals surface area contributed by atoms with Crippen molar-refractivity contribution >= 4 is 23.0 Å². The predicted octanol–water partition coefficient (Wildman–Crippen LogP) is 3.86. The van der Waals surface area contributed by atoms with Crippen LogP contribution >= 0.6 is 0 Å². The Labute approximate surface area is 169 Å². The van der Waals surface area contributed by atoms with Gasteiger partial charge in [0, 0.05) is 37.5 Å². The lowest BCUT2D eigenvalue weighted by atomic mass is 10.1. The van der Waals surface area contributed by atoms with Gasteiger partial charge >= 0.3 is 0 Å². The van der Waals surface area contributed by atoms with Crippen LogP contribution in [0.5, 0.6) is 5.75 Å². The van der Waals surface area contributed by atoms with Gasteiger partial charge in [-0.05, 0) is 38.0 Å². The van der Waals surface area contributed by atoms with E-state index >= 15 is 0 Å². The first-order valence-electron chi connectivity index (χ1n) is 9.86. The smallest absolute Gasteiger partial charge is 0.177 e. The summed E-state index contributed by atoms with van der Waals surface area (Å²) in [6, 6.07) is 5.76. The average Bonchev–Trinajstić information content (AvgIpc) is 3.38. The normalized spacial score (nSPS) is 17.1. The lowest BCUT2D eigenvalue weighted by molar-refractivity contribution is 0.339. The minimum absolute atomic E-state index is 0.151. The second kappa shape index (κ2) is 7.98. The van der Waals surface area contributed by atoms with Crippen molar-refractivity contribution in [1.82, 2.24) is 19.6 Å². The second-order valence-corrected chi connectivity index (χ2v) is 7.19. The Morgan fingerprint density at radius 2 is 2.28 bits per heavy atom. The molecule has 3 aromatic heterocycles. The van der Waals surface area contributed by atoms with E-state index in [1.807, 2.05) is 44.3 Å². The molecule has 8 heteroatoms. The van der Waals surface area contributed by atoms with Gasteiger partial charge in [0.2, 0.25) is 0 Å². The van der Waals surface area contributed by atoms with Crippen LogP contribution in [0.2, 0.25) is 0 Å². The Bertz CT molecular complexity index is 1040. The molecule has 0 spiro atoms. The number of imidazole rings is 1. The van der Waals surface area contributed by atoms with Crippen LogP contribution in [0, 0.1) is 12.8 Å². The molecule has 1 aliphatic heterocycles. The van der Waals surface area contributed by atoms with Gasteiger partial charge in [-0.15, -0.1) is 5.10 Å². The maximum Gasteiger partial charge on any atom is 0.177 e. The van der Waals surface area contributed by atoms with Gasteiger partial charge in [-0.3, -0.25) is 0 Å². The van der Waals surface area contributed by atoms with Gasteiger partial charge in [0.25, 0.3) is 0 Å². The molecule has 0 radical (unpaired) electrons. The van der Waals surface area contributed by atoms with Crippen LogP contribution in [0.25, 0.3) is 5.65 Å². The lowest BCUT2D eigenvalue weighted by Crippen LogP contribution is -2.22. The third-order valence-corrected chi connectivity index (χ3v) is 5.21. The highest BCUT2D eigenvalue weighted by Gasteiger charge is 2.27. The van der Waals surface area contributed by atoms with E-state index < -0.39 is 0 Å². The van der Waals surface area contributed by atoms with E-state index in [1.54, 1.807) is 17.8 Å². The Hall–Kier alpha value is -3.29. The van der Waals surface area contributed by atoms with E-state index in [0.717, 1.165) is 54.5 Å². The van der Waals surface area contributed by atoms with Crippen LogP contribution in [-0.2, 0) is 0 Å². The molecule has 1 fully saturated rings. The zero-order valence-electron chi connectivity index (χ0n) is 17.0. The van der Waals surface area contributed by atoms with Crippen molar-refractivity contribution in [2.45, 2.75) is 26.7 Å². The summed E-state index contributed by atoms with van der Waals surface area (Å²) in [5, 5.41) is 18.3. The van der Waals surface area contributed by atoms with Crippen molar-refractivity contribution < 1.29 is 9.84 Å². The van der Waals surface area contributed by atoms with Crippen molar-refractivity contribution in [2.75, 3.05) is 30.4 Å². The van der Waals surface area contributed by atoms with Crippen LogP contribution in [0.3, 0.4) is 0 Å². The van der Waals surface area contributed by atoms with Crippen molar-refractivity contribution in [2.24, 2.45) is 5.92 Å². The fraction of sp³-hybridized carbons (Fsp3) is 0.381. The Balaban J connectivity index is 1.63. The first-order chi connectivity index (χ1) is 14.1. The fourth-order valence-electron chi connectivity index (χ4n) is 3.71. The summed E-state index contributed by atoms with van der Waals surface area (Å²) in [5.74, 6) is 2.94. The first kappa shape index (κ1) is 19.0. The number of rotatable bonds is 6. The number of methoxy groups -OCH3 is 1. The van der Waals surface area contributed by atoms with Gasteiger partial charge in [-0.25, -0.2) is 14.5 Å². The average molecular weight is 394 g/mol. The van der Waals surface area contributed by atoms with Gasteiger partial charge in [0.1, 0.15) is 11.6 Å². The van der Waals surface area contributed by atoms with Crippen LogP contribution in [0.4, 0.5) is 17.3 Å². The Kier molecular flexibility index (Phi) is 5.24. The zero-order chi connectivity index (χ0) is 20.4. The summed E-state index contributed by atoms with van der Waals surface area (Å²) in [4.78, 5) is 11.2. The van der Waals surface area contributed by atoms with Crippen LogP contribution in [-0.4, -0.2) is 44.9 Å². The molecule has 0 bridgehead atoms. The number of hydrogen-bond donors (Lipinski definition) is 2. The van der Waals surface area contributed by atoms with Crippen molar-refractivity contribution in [1.29, 1.82) is 0 Å². The van der Waals surface area contributed by atoms with Crippen molar-refractivity contribution in [3.63, 3.8) is 0 Å². The summed E-state index contributed by atoms with van der Waals surface area (Å²) >= 11 is 0. The number of fused-ring (bicyclic) bond motifs is 1. The molecule has 29 heavy (non-hydrogen) atoms. The molecule has 1 saturated heterocycles. The van der Waals surface area contributed by atoms with Crippen molar-refractivity contribution in [3.05, 3.63) is 48.1 Å². The molecule has 1 aliphatic rings. The summed E-state index contributed by atoms with van der Waals surface area (Å²) in [6.45, 7) is 5.53. The number of aliphatic hydroxyl groups is 1. The van der Waals surface area contributed by atoms with E-state index in [1.165, 1.54) is 0 Å². The largest absolute Gasteiger partial charge is 0.512 e. The third-order valence-electron chi connectivity index (χ3n) is 5.21. The summed E-state index contributed by atoms with van der Waals surface area (Å²) in [6.07, 6.45) is 7.20. The Morgan fingerprint density at radius 1 is 1.41 bits per heavy atom. The number of hydrogen-bond acceptors (Lipinski definition) is 7. The van der Waals surface area contributed by atoms with Gasteiger partial charge in [-0.2, -0.15) is 0 Å². The van der Waals surface area contributed by atoms with E-state index in [-0.39, 0.29) is 5.92 Å². The van der Waals surface area contributed by atoms with Crippen LogP contribution in [0.15, 0.2) is 42.4 Å². The quantitative estimate of drug-likeness (QED) is 0.614. The SMILES string of the molecule is CCC=C(O)C1CCN(c2cc(Nc3ccc(OC)c(C)n3)c3nccn3n2)C1. The molecule has 1 unspecified atom stereocenters. The molecule has 4 heterocycles. The number of pyridine rings is 1. The van der Waals surface area contributed by atoms with Crippen molar-refractivity contribution in [3.8, 4) is 5.75 Å². The number of aliphatic hydroxyl groups excluding tert-OH is 1. The third kappa shape index (κ3) is 3.83. The lowest BCUT2D eigenvalue weighted by Gasteiger charge is -2.19. The highest BCUT2D eigenvalue weighted by Crippen LogP contribution is 2.30. The molecule has 0 aromatic carbocycles. The number of nitrogens with one attached hydrogen (secondary N) is 1. The molecule has 0 saturated carbocycles. The maximum atomic E-state index is 10.2. The number of aromatic nitrogens is 4. The standard InChI is InChI=1S/C21H26N6O2/c1-4-5-17(28)15-8-10-26(13-15)20-12-16(21-22-9-11-27(21)25-20)24-19-7-6-18(29-3)14(2)23-19/h5-7,9,11-12,15,28H,4,8,10,13H2,1-3H3,(H,23,24). The number of anilines is 3. The molecule has 3 aromatic rings. The molecule has 2 N–H and O–H groups in total. The van der Waals surface area contributed by atoms with E-state index in [4.69, 9.17) is 9.84 Å². The highest BCUT2D eigenvalue weighted by atomic mass is 16.5. The Morgan fingerprint density at radius 3 is 3.03 bits per heavy atom. The molecule has 4 rings (SSSR count). The monoisotopic (exact) mass is 394 g/mol. The number of allylic oxidation sites excluding steroid dienone is 1. The molecular weight excluding hydrogens is 368 g/mol. The predicted molar refractivity (Wildman–Crippen MR) is 113 cm³/mol. The molecule has 0 aliphatic carbocycles. The number of aryl methyl sites for hydroxylation is 1. The molecule has 8 nitrogen and oxygen atoms in total. The second-order valence-electron chi connectivity index (χ2n) is 7.19. The number of ether oxygens (including phenoxy) is 1. The molecule has 1 atom stereocenters. The van der Waals surface area contributed by atoms with Crippen LogP contribution < -0.4 is 15.0 Å². The van der Waals surface area contributed by atoms with E-state index in [2.05, 4.69) is 20.2 Å². The minimum Gasteiger partial charge on any atom is -0.512 e. The van der Waals surface area contributed by atoms with E-state index in [0.29, 0.717) is 11.6 Å². The van der Waals surface area contributed by atoms with Crippen LogP contribution in [0.1, 0.15) is 25.5 Å². The topological polar surface area (TPSA) is 87.8 Å². The molecular formula is C21H26N6O2. The first-order valence-corrected chi connectivity index (χ1v) is 9.86. The van der Waals surface area contributed by atoms with Gasteiger partial charge in [0.05, 0.1) is 24.3 Å². The highest BCUT2D eigenvalue weighted by molar-refractivity contribution is 5.75. The molecule has 152 valence electrons. The number of nitrogens with zero attached hydrogens (tertiary/aromatic N) is 5. The van der Waals surface area contributed by atoms with Gasteiger partial charge in [0.15, 0.2) is 11.5 Å². The van der Waals surface area contributed by atoms with E-state index in [9.17, 15) is 5.11 Å². The fourth-order valence-corrected chi connectivity index (χ4v) is 3.71. The maximum absolute atomic E-state index is 10.2. The summed E-state index contributed by atoms with van der Waals surface area (Å²) in [7, 11) is 1.64. The summed E-state index contributed by atoms with van der Waals surface area (Å²) < 4.78 is 7.06. The van der Waals surface area contributed by atoms with Gasteiger partial charge < -0.3 is 20.1 Å². The zero-order valence-corrected chi connectivity index (χ0v) is 17.0. The summed E-state index contributed by atoms with van der Waals surface area (Å²) in [5.41, 5.74) is 2.37. The minimum atomic E-state index is 0.151. The van der Waals surface area contributed by atoms with Gasteiger partial charge in [-0.1, -0.05) is 6.92 Å².